The summed E-state index contributed by atoms with van der Waals surface area (Å²) >= 11 is 0. The van der Waals surface area contributed by atoms with Gasteiger partial charge in [-0.2, -0.15) is 17.5 Å². The van der Waals surface area contributed by atoms with E-state index in [2.05, 4.69) is 4.98 Å². The molecular weight excluding hydrogens is 345 g/mol. The van der Waals surface area contributed by atoms with Crippen molar-refractivity contribution in [3.05, 3.63) is 23.9 Å². The SMILES string of the molecule is O=S(=O)(C1CCCCC1)N1CC(Oc2ncccc2C(F)(F)F)C1. The fraction of sp³-hybridized carbons (Fsp3) is 0.667. The highest BCUT2D eigenvalue weighted by molar-refractivity contribution is 7.89. The van der Waals surface area contributed by atoms with Crippen LogP contribution in [-0.2, 0) is 16.2 Å². The van der Waals surface area contributed by atoms with Gasteiger partial charge in [0, 0.05) is 6.20 Å². The van der Waals surface area contributed by atoms with Gasteiger partial charge in [-0.1, -0.05) is 19.3 Å². The summed E-state index contributed by atoms with van der Waals surface area (Å²) in [7, 11) is -3.38. The third-order valence-corrected chi connectivity index (χ3v) is 6.83. The predicted octanol–water partition coefficient (Wildman–Crippen LogP) is 2.83. The summed E-state index contributed by atoms with van der Waals surface area (Å²) in [6, 6.07) is 2.09. The molecule has 5 nitrogen and oxygen atoms in total. The van der Waals surface area contributed by atoms with Crippen LogP contribution in [0.4, 0.5) is 13.2 Å². The fourth-order valence-corrected chi connectivity index (χ4v) is 5.21. The molecule has 1 aliphatic heterocycles. The Morgan fingerprint density at radius 3 is 2.46 bits per heavy atom. The maximum Gasteiger partial charge on any atom is 0.421 e. The van der Waals surface area contributed by atoms with Crippen LogP contribution in [0.2, 0.25) is 0 Å². The molecule has 0 bridgehead atoms. The van der Waals surface area contributed by atoms with Crippen molar-refractivity contribution in [1.29, 1.82) is 0 Å². The van der Waals surface area contributed by atoms with Gasteiger partial charge in [0.05, 0.1) is 18.3 Å². The summed E-state index contributed by atoms with van der Waals surface area (Å²) in [5.74, 6) is -0.496. The van der Waals surface area contributed by atoms with E-state index in [0.717, 1.165) is 25.3 Å². The second-order valence-electron chi connectivity index (χ2n) is 6.22. The first-order valence-electron chi connectivity index (χ1n) is 7.96. The normalized spacial score (nSPS) is 21.5. The van der Waals surface area contributed by atoms with Crippen LogP contribution in [0.25, 0.3) is 0 Å². The molecule has 9 heteroatoms. The lowest BCUT2D eigenvalue weighted by Gasteiger charge is -2.40. The van der Waals surface area contributed by atoms with Crippen LogP contribution in [0.15, 0.2) is 18.3 Å². The van der Waals surface area contributed by atoms with Crippen LogP contribution >= 0.6 is 0 Å². The molecule has 0 N–H and O–H groups in total. The summed E-state index contributed by atoms with van der Waals surface area (Å²) in [6.07, 6.45) is 0.241. The quantitative estimate of drug-likeness (QED) is 0.824. The lowest BCUT2D eigenvalue weighted by atomic mass is 10.0. The van der Waals surface area contributed by atoms with E-state index < -0.39 is 33.7 Å². The van der Waals surface area contributed by atoms with Gasteiger partial charge in [0.15, 0.2) is 0 Å². The van der Waals surface area contributed by atoms with Crippen LogP contribution in [0, 0.1) is 0 Å². The summed E-state index contributed by atoms with van der Waals surface area (Å²) < 4.78 is 70.2. The molecule has 3 rings (SSSR count). The van der Waals surface area contributed by atoms with Gasteiger partial charge in [-0.05, 0) is 25.0 Å². The zero-order valence-electron chi connectivity index (χ0n) is 13.0. The number of alkyl halides is 3. The first-order valence-corrected chi connectivity index (χ1v) is 9.46. The average Bonchev–Trinajstić information content (AvgIpc) is 2.50. The molecule has 0 spiro atoms. The molecule has 0 radical (unpaired) electrons. The van der Waals surface area contributed by atoms with Gasteiger partial charge < -0.3 is 4.74 Å². The van der Waals surface area contributed by atoms with Crippen molar-refractivity contribution in [2.75, 3.05) is 13.1 Å². The lowest BCUT2D eigenvalue weighted by Crippen LogP contribution is -2.58. The van der Waals surface area contributed by atoms with Gasteiger partial charge in [0.2, 0.25) is 15.9 Å². The van der Waals surface area contributed by atoms with Gasteiger partial charge in [0.25, 0.3) is 0 Å². The first kappa shape index (κ1) is 17.5. The Hall–Kier alpha value is -1.35. The Bertz CT molecular complexity index is 681. The molecule has 2 aliphatic rings. The summed E-state index contributed by atoms with van der Waals surface area (Å²) in [6.45, 7) is 0.152. The number of aromatic nitrogens is 1. The minimum absolute atomic E-state index is 0.0761. The van der Waals surface area contributed by atoms with Gasteiger partial charge in [-0.15, -0.1) is 0 Å². The molecule has 2 heterocycles. The van der Waals surface area contributed by atoms with Crippen molar-refractivity contribution in [2.45, 2.75) is 49.6 Å². The predicted molar refractivity (Wildman–Crippen MR) is 81.0 cm³/mol. The number of hydrogen-bond donors (Lipinski definition) is 0. The van der Waals surface area contributed by atoms with Crippen LogP contribution in [0.5, 0.6) is 5.88 Å². The molecule has 24 heavy (non-hydrogen) atoms. The largest absolute Gasteiger partial charge is 0.471 e. The van der Waals surface area contributed by atoms with Crippen molar-refractivity contribution in [3.8, 4) is 5.88 Å². The molecule has 0 unspecified atom stereocenters. The molecule has 0 atom stereocenters. The zero-order chi connectivity index (χ0) is 17.4. The highest BCUT2D eigenvalue weighted by atomic mass is 32.2. The van der Waals surface area contributed by atoms with E-state index in [1.165, 1.54) is 16.6 Å². The topological polar surface area (TPSA) is 59.5 Å². The monoisotopic (exact) mass is 364 g/mol. The number of hydrogen-bond acceptors (Lipinski definition) is 4. The van der Waals surface area contributed by atoms with Crippen molar-refractivity contribution in [1.82, 2.24) is 9.29 Å². The summed E-state index contributed by atoms with van der Waals surface area (Å²) in [5.41, 5.74) is -0.946. The molecule has 1 aliphatic carbocycles. The minimum atomic E-state index is -4.55. The third kappa shape index (κ3) is 3.51. The standard InChI is InChI=1S/C15H19F3N2O3S/c16-15(17,18)13-7-4-8-19-14(13)23-11-9-20(10-11)24(21,22)12-5-2-1-3-6-12/h4,7-8,11-12H,1-3,5-6,9-10H2. The van der Waals surface area contributed by atoms with Crippen LogP contribution in [-0.4, -0.2) is 42.2 Å². The third-order valence-electron chi connectivity index (χ3n) is 4.50. The Balaban J connectivity index is 1.62. The maximum absolute atomic E-state index is 12.9. The molecule has 1 saturated heterocycles. The fourth-order valence-electron chi connectivity index (χ4n) is 3.12. The molecule has 1 saturated carbocycles. The van der Waals surface area contributed by atoms with Crippen molar-refractivity contribution >= 4 is 10.0 Å². The highest BCUT2D eigenvalue weighted by Crippen LogP contribution is 2.36. The molecule has 134 valence electrons. The molecule has 0 amide bonds. The van der Waals surface area contributed by atoms with E-state index in [9.17, 15) is 21.6 Å². The van der Waals surface area contributed by atoms with E-state index in [1.54, 1.807) is 0 Å². The number of halogens is 3. The van der Waals surface area contributed by atoms with E-state index in [4.69, 9.17) is 4.74 Å². The highest BCUT2D eigenvalue weighted by Gasteiger charge is 2.43. The minimum Gasteiger partial charge on any atom is -0.471 e. The van der Waals surface area contributed by atoms with Gasteiger partial charge in [-0.3, -0.25) is 0 Å². The number of ether oxygens (including phenoxy) is 1. The van der Waals surface area contributed by atoms with Crippen LogP contribution in [0.3, 0.4) is 0 Å². The number of pyridine rings is 1. The average molecular weight is 364 g/mol. The van der Waals surface area contributed by atoms with E-state index in [1.807, 2.05) is 0 Å². The number of nitrogens with zero attached hydrogens (tertiary/aromatic N) is 2. The lowest BCUT2D eigenvalue weighted by molar-refractivity contribution is -0.140. The summed E-state index contributed by atoms with van der Waals surface area (Å²) in [4.78, 5) is 3.63. The van der Waals surface area contributed by atoms with Crippen molar-refractivity contribution < 1.29 is 26.3 Å². The van der Waals surface area contributed by atoms with E-state index >= 15 is 0 Å². The molecule has 1 aromatic rings. The van der Waals surface area contributed by atoms with E-state index in [0.29, 0.717) is 12.8 Å². The number of sulfonamides is 1. The van der Waals surface area contributed by atoms with Crippen molar-refractivity contribution in [3.63, 3.8) is 0 Å². The first-order chi connectivity index (χ1) is 11.3. The Labute approximate surface area is 138 Å². The molecule has 0 aromatic carbocycles. The van der Waals surface area contributed by atoms with Gasteiger partial charge in [0.1, 0.15) is 11.7 Å². The molecular formula is C15H19F3N2O3S. The Morgan fingerprint density at radius 2 is 1.83 bits per heavy atom. The number of rotatable bonds is 4. The van der Waals surface area contributed by atoms with Gasteiger partial charge >= 0.3 is 6.18 Å². The second kappa shape index (κ2) is 6.51. The Kier molecular flexibility index (Phi) is 4.74. The molecule has 1 aromatic heterocycles. The maximum atomic E-state index is 12.9. The van der Waals surface area contributed by atoms with E-state index in [-0.39, 0.29) is 18.3 Å². The Morgan fingerprint density at radius 1 is 1.17 bits per heavy atom. The van der Waals surface area contributed by atoms with Crippen molar-refractivity contribution in [2.24, 2.45) is 0 Å². The summed E-state index contributed by atoms with van der Waals surface area (Å²) in [5, 5.41) is -0.368. The zero-order valence-corrected chi connectivity index (χ0v) is 13.8. The molecule has 2 fully saturated rings. The van der Waals surface area contributed by atoms with Crippen LogP contribution < -0.4 is 4.74 Å². The van der Waals surface area contributed by atoms with Gasteiger partial charge in [-0.25, -0.2) is 13.4 Å². The second-order valence-corrected chi connectivity index (χ2v) is 8.43. The van der Waals surface area contributed by atoms with Crippen LogP contribution in [0.1, 0.15) is 37.7 Å². The smallest absolute Gasteiger partial charge is 0.421 e.